The van der Waals surface area contributed by atoms with Crippen LogP contribution in [0.5, 0.6) is 0 Å². The molecule has 0 amide bonds. The van der Waals surface area contributed by atoms with Crippen LogP contribution in [0.4, 0.5) is 0 Å². The van der Waals surface area contributed by atoms with Crippen LogP contribution in [0.3, 0.4) is 0 Å². The highest BCUT2D eigenvalue weighted by Gasteiger charge is 2.49. The largest absolute Gasteiger partial charge is 0.389 e. The molecule has 162 valence electrons. The van der Waals surface area contributed by atoms with Gasteiger partial charge in [-0.15, -0.1) is 0 Å². The van der Waals surface area contributed by atoms with E-state index in [2.05, 4.69) is 5.32 Å². The SMILES string of the molecule is O=S(=O)(c1ccccc1)N1C[C@@H](O)[C@](O)(CNC2(c3ccccc3)CCOCC2)C1. The Morgan fingerprint density at radius 1 is 1.03 bits per heavy atom. The summed E-state index contributed by atoms with van der Waals surface area (Å²) in [5, 5.41) is 25.2. The minimum absolute atomic E-state index is 0.0733. The summed E-state index contributed by atoms with van der Waals surface area (Å²) in [6, 6.07) is 18.1. The molecule has 0 saturated carbocycles. The highest BCUT2D eigenvalue weighted by atomic mass is 32.2. The Morgan fingerprint density at radius 2 is 1.63 bits per heavy atom. The molecule has 0 aromatic heterocycles. The molecule has 4 rings (SSSR count). The number of nitrogens with one attached hydrogen (secondary N) is 1. The Balaban J connectivity index is 1.52. The van der Waals surface area contributed by atoms with Crippen LogP contribution in [0.1, 0.15) is 18.4 Å². The van der Waals surface area contributed by atoms with Crippen LogP contribution < -0.4 is 5.32 Å². The topological polar surface area (TPSA) is 99.1 Å². The predicted molar refractivity (Wildman–Crippen MR) is 112 cm³/mol. The van der Waals surface area contributed by atoms with E-state index in [0.717, 1.165) is 22.7 Å². The minimum atomic E-state index is -3.79. The molecule has 2 atom stereocenters. The number of hydrogen-bond acceptors (Lipinski definition) is 6. The summed E-state index contributed by atoms with van der Waals surface area (Å²) < 4.78 is 32.5. The second-order valence-electron chi connectivity index (χ2n) is 8.14. The van der Waals surface area contributed by atoms with Crippen LogP contribution in [0.15, 0.2) is 65.6 Å². The highest BCUT2D eigenvalue weighted by molar-refractivity contribution is 7.89. The molecular weight excluding hydrogens is 404 g/mol. The maximum absolute atomic E-state index is 12.9. The zero-order valence-electron chi connectivity index (χ0n) is 16.8. The molecule has 0 radical (unpaired) electrons. The maximum atomic E-state index is 12.9. The van der Waals surface area contributed by atoms with Crippen molar-refractivity contribution in [2.24, 2.45) is 0 Å². The number of aliphatic hydroxyl groups is 2. The lowest BCUT2D eigenvalue weighted by atomic mass is 9.82. The lowest BCUT2D eigenvalue weighted by Crippen LogP contribution is -2.57. The predicted octanol–water partition coefficient (Wildman–Crippen LogP) is 1.08. The quantitative estimate of drug-likeness (QED) is 0.632. The Morgan fingerprint density at radius 3 is 2.27 bits per heavy atom. The van der Waals surface area contributed by atoms with Crippen molar-refractivity contribution in [1.29, 1.82) is 0 Å². The van der Waals surface area contributed by atoms with Gasteiger partial charge < -0.3 is 20.3 Å². The van der Waals surface area contributed by atoms with Crippen molar-refractivity contribution >= 4 is 10.0 Å². The molecule has 2 aromatic rings. The first kappa shape index (κ1) is 21.4. The molecule has 2 saturated heterocycles. The van der Waals surface area contributed by atoms with Gasteiger partial charge in [-0.05, 0) is 30.5 Å². The molecule has 0 unspecified atom stereocenters. The van der Waals surface area contributed by atoms with Gasteiger partial charge in [0.1, 0.15) is 5.60 Å². The van der Waals surface area contributed by atoms with E-state index >= 15 is 0 Å². The summed E-state index contributed by atoms with van der Waals surface area (Å²) in [5.74, 6) is 0. The van der Waals surface area contributed by atoms with Crippen LogP contribution in [0.2, 0.25) is 0 Å². The fraction of sp³-hybridized carbons (Fsp3) is 0.455. The van der Waals surface area contributed by atoms with Crippen molar-refractivity contribution in [3.8, 4) is 0 Å². The third-order valence-corrected chi connectivity index (χ3v) is 8.06. The third kappa shape index (κ3) is 4.03. The fourth-order valence-corrected chi connectivity index (χ4v) is 5.83. The number of aliphatic hydroxyl groups excluding tert-OH is 1. The second-order valence-corrected chi connectivity index (χ2v) is 10.1. The molecule has 3 N–H and O–H groups in total. The average Bonchev–Trinajstić information content (AvgIpc) is 3.10. The lowest BCUT2D eigenvalue weighted by molar-refractivity contribution is -0.0500. The number of β-amino-alcohol motifs (C(OH)–C–C–N with tert-alkyl or cyclic N) is 2. The molecule has 30 heavy (non-hydrogen) atoms. The van der Waals surface area contributed by atoms with Gasteiger partial charge in [0.05, 0.1) is 11.0 Å². The van der Waals surface area contributed by atoms with Gasteiger partial charge in [-0.3, -0.25) is 0 Å². The Kier molecular flexibility index (Phi) is 5.98. The highest BCUT2D eigenvalue weighted by Crippen LogP contribution is 2.34. The second kappa shape index (κ2) is 8.37. The molecule has 2 fully saturated rings. The Hall–Kier alpha value is -1.81. The van der Waals surface area contributed by atoms with Gasteiger partial charge in [0.25, 0.3) is 0 Å². The van der Waals surface area contributed by atoms with Crippen molar-refractivity contribution in [2.45, 2.75) is 35.0 Å². The summed E-state index contributed by atoms with van der Waals surface area (Å²) >= 11 is 0. The van der Waals surface area contributed by atoms with E-state index in [0.29, 0.717) is 13.2 Å². The first-order valence-corrected chi connectivity index (χ1v) is 11.6. The van der Waals surface area contributed by atoms with Crippen LogP contribution in [0, 0.1) is 0 Å². The van der Waals surface area contributed by atoms with E-state index in [9.17, 15) is 18.6 Å². The molecule has 2 heterocycles. The minimum Gasteiger partial charge on any atom is -0.389 e. The maximum Gasteiger partial charge on any atom is 0.243 e. The number of rotatable bonds is 6. The number of hydrogen-bond donors (Lipinski definition) is 3. The summed E-state index contributed by atoms with van der Waals surface area (Å²) in [6.45, 7) is 0.954. The fourth-order valence-electron chi connectivity index (χ4n) is 4.30. The van der Waals surface area contributed by atoms with Gasteiger partial charge in [-0.2, -0.15) is 4.31 Å². The van der Waals surface area contributed by atoms with Gasteiger partial charge in [-0.25, -0.2) is 8.42 Å². The average molecular weight is 433 g/mol. The number of benzene rings is 2. The number of nitrogens with zero attached hydrogens (tertiary/aromatic N) is 1. The number of ether oxygens (including phenoxy) is 1. The summed E-state index contributed by atoms with van der Waals surface area (Å²) in [5.41, 5.74) is -0.874. The molecule has 2 aliphatic heterocycles. The first-order valence-electron chi connectivity index (χ1n) is 10.2. The van der Waals surface area contributed by atoms with Crippen molar-refractivity contribution in [3.05, 3.63) is 66.2 Å². The van der Waals surface area contributed by atoms with Crippen molar-refractivity contribution < 1.29 is 23.4 Å². The summed E-state index contributed by atoms with van der Waals surface area (Å²) in [7, 11) is -3.79. The molecule has 2 aromatic carbocycles. The Labute approximate surface area is 177 Å². The van der Waals surface area contributed by atoms with Gasteiger partial charge in [0, 0.05) is 38.4 Å². The van der Waals surface area contributed by atoms with Crippen LogP contribution in [-0.2, 0) is 20.3 Å². The normalized spacial score (nSPS) is 27.2. The standard InChI is InChI=1S/C22H28N2O5S/c25-20-15-24(30(27,28)19-9-5-2-6-10-19)17-22(20,26)16-23-21(11-13-29-14-12-21)18-7-3-1-4-8-18/h1-10,20,23,25-26H,11-17H2/t20-,22+/m1/s1. The molecule has 2 aliphatic rings. The molecule has 0 spiro atoms. The van der Waals surface area contributed by atoms with Crippen molar-refractivity contribution in [1.82, 2.24) is 9.62 Å². The summed E-state index contributed by atoms with van der Waals surface area (Å²) in [6.07, 6.45) is 0.279. The Bertz CT molecular complexity index is 948. The van der Waals surface area contributed by atoms with Crippen LogP contribution >= 0.6 is 0 Å². The lowest BCUT2D eigenvalue weighted by Gasteiger charge is -2.41. The van der Waals surface area contributed by atoms with E-state index < -0.39 is 21.7 Å². The zero-order chi connectivity index (χ0) is 21.2. The van der Waals surface area contributed by atoms with E-state index in [1.807, 2.05) is 30.3 Å². The van der Waals surface area contributed by atoms with E-state index in [1.54, 1.807) is 18.2 Å². The van der Waals surface area contributed by atoms with Gasteiger partial charge in [-0.1, -0.05) is 48.5 Å². The summed E-state index contributed by atoms with van der Waals surface area (Å²) in [4.78, 5) is 0.152. The van der Waals surface area contributed by atoms with Crippen LogP contribution in [0.25, 0.3) is 0 Å². The van der Waals surface area contributed by atoms with Crippen molar-refractivity contribution in [2.75, 3.05) is 32.8 Å². The molecule has 0 bridgehead atoms. The van der Waals surface area contributed by atoms with Gasteiger partial charge in [0.2, 0.25) is 10.0 Å². The van der Waals surface area contributed by atoms with Crippen molar-refractivity contribution in [3.63, 3.8) is 0 Å². The first-order chi connectivity index (χ1) is 14.4. The number of sulfonamides is 1. The van der Waals surface area contributed by atoms with E-state index in [4.69, 9.17) is 4.74 Å². The van der Waals surface area contributed by atoms with Crippen LogP contribution in [-0.4, -0.2) is 67.5 Å². The smallest absolute Gasteiger partial charge is 0.243 e. The van der Waals surface area contributed by atoms with E-state index in [-0.39, 0.29) is 30.1 Å². The third-order valence-electron chi connectivity index (χ3n) is 6.23. The molecular formula is C22H28N2O5S. The van der Waals surface area contributed by atoms with Gasteiger partial charge in [0.15, 0.2) is 0 Å². The molecule has 8 heteroatoms. The monoisotopic (exact) mass is 432 g/mol. The molecule has 7 nitrogen and oxygen atoms in total. The van der Waals surface area contributed by atoms with Gasteiger partial charge >= 0.3 is 0 Å². The molecule has 0 aliphatic carbocycles. The zero-order valence-corrected chi connectivity index (χ0v) is 17.6. The van der Waals surface area contributed by atoms with E-state index in [1.165, 1.54) is 12.1 Å².